The van der Waals surface area contributed by atoms with Gasteiger partial charge in [-0.25, -0.2) is 9.97 Å². The first kappa shape index (κ1) is 23.5. The summed E-state index contributed by atoms with van der Waals surface area (Å²) in [6, 6.07) is 9.94. The largest absolute Gasteiger partial charge is 0.496 e. The quantitative estimate of drug-likeness (QED) is 0.246. The number of aromatic nitrogens is 4. The first-order valence-electron chi connectivity index (χ1n) is 9.91. The monoisotopic (exact) mass is 492 g/mol. The normalized spacial score (nSPS) is 12.4. The Hall–Kier alpha value is -3.66. The second-order valence-electron chi connectivity index (χ2n) is 7.21. The lowest BCUT2D eigenvalue weighted by atomic mass is 10.1. The topological polar surface area (TPSA) is 72.9 Å². The van der Waals surface area contributed by atoms with Gasteiger partial charge in [0.05, 0.1) is 7.11 Å². The van der Waals surface area contributed by atoms with Crippen LogP contribution in [-0.4, -0.2) is 27.0 Å². The van der Waals surface area contributed by atoms with E-state index in [0.717, 1.165) is 12.3 Å². The molecule has 0 saturated heterocycles. The van der Waals surface area contributed by atoms with E-state index < -0.39 is 23.9 Å². The van der Waals surface area contributed by atoms with Crippen molar-refractivity contribution in [2.45, 2.75) is 19.2 Å². The van der Waals surface area contributed by atoms with Crippen molar-refractivity contribution in [3.63, 3.8) is 0 Å². The maximum atomic E-state index is 13.1. The number of benzene rings is 1. The fourth-order valence-corrected chi connectivity index (χ4v) is 3.44. The number of halogens is 5. The highest BCUT2D eigenvalue weighted by Crippen LogP contribution is 2.38. The summed E-state index contributed by atoms with van der Waals surface area (Å²) in [7, 11) is 1.47. The third-order valence-electron chi connectivity index (χ3n) is 4.95. The number of H-pyrrole nitrogens is 1. The van der Waals surface area contributed by atoms with Crippen molar-refractivity contribution in [2.24, 2.45) is 0 Å². The van der Waals surface area contributed by atoms with Gasteiger partial charge in [-0.2, -0.15) is 17.6 Å². The maximum absolute atomic E-state index is 13.1. The summed E-state index contributed by atoms with van der Waals surface area (Å²) in [5, 5.41) is 0.246. The number of nitrogens with one attached hydrogen (secondary N) is 1. The number of aromatic amines is 1. The van der Waals surface area contributed by atoms with Gasteiger partial charge in [-0.1, -0.05) is 17.7 Å². The second kappa shape index (κ2) is 9.30. The van der Waals surface area contributed by atoms with Crippen LogP contribution >= 0.6 is 11.6 Å². The molecular formula is C23H17ClF4N4O2. The van der Waals surface area contributed by atoms with Gasteiger partial charge in [-0.15, -0.1) is 0 Å². The van der Waals surface area contributed by atoms with E-state index in [-0.39, 0.29) is 5.15 Å². The second-order valence-corrected chi connectivity index (χ2v) is 7.59. The molecule has 3 aromatic heterocycles. The Morgan fingerprint density at radius 3 is 2.44 bits per heavy atom. The average molecular weight is 493 g/mol. The Labute approximate surface area is 196 Å². The van der Waals surface area contributed by atoms with E-state index in [9.17, 15) is 17.6 Å². The van der Waals surface area contributed by atoms with Gasteiger partial charge in [0.1, 0.15) is 40.0 Å². The molecule has 0 aliphatic heterocycles. The zero-order chi connectivity index (χ0) is 24.5. The van der Waals surface area contributed by atoms with Gasteiger partial charge < -0.3 is 14.5 Å². The van der Waals surface area contributed by atoms with Crippen LogP contribution in [0.25, 0.3) is 22.6 Å². The van der Waals surface area contributed by atoms with Crippen molar-refractivity contribution in [1.82, 2.24) is 19.9 Å². The first-order chi connectivity index (χ1) is 16.2. The summed E-state index contributed by atoms with van der Waals surface area (Å²) in [5.41, 5.74) is 1.03. The first-order valence-corrected chi connectivity index (χ1v) is 10.3. The zero-order valence-corrected chi connectivity index (χ0v) is 18.6. The smallest absolute Gasteiger partial charge is 0.433 e. The third kappa shape index (κ3) is 4.96. The van der Waals surface area contributed by atoms with Gasteiger partial charge in [0.15, 0.2) is 0 Å². The van der Waals surface area contributed by atoms with E-state index in [0.29, 0.717) is 39.7 Å². The number of hydrogen-bond donors (Lipinski definition) is 1. The number of alkyl halides is 3. The molecule has 34 heavy (non-hydrogen) atoms. The van der Waals surface area contributed by atoms with Crippen LogP contribution in [0.2, 0.25) is 5.15 Å². The Bertz CT molecular complexity index is 1290. The van der Waals surface area contributed by atoms with E-state index >= 15 is 0 Å². The van der Waals surface area contributed by atoms with Crippen LogP contribution in [0.4, 0.5) is 17.6 Å². The number of ether oxygens (including phenoxy) is 2. The molecular weight excluding hydrogens is 476 g/mol. The van der Waals surface area contributed by atoms with Crippen molar-refractivity contribution in [2.75, 3.05) is 7.11 Å². The fourth-order valence-electron chi connectivity index (χ4n) is 3.21. The number of methoxy groups -OCH3 is 1. The number of pyridine rings is 2. The number of nitrogens with zero attached hydrogens (tertiary/aromatic N) is 3. The molecule has 4 rings (SSSR count). The fraction of sp³-hybridized carbons (Fsp3) is 0.174. The average Bonchev–Trinajstić information content (AvgIpc) is 3.20. The summed E-state index contributed by atoms with van der Waals surface area (Å²) < 4.78 is 62.6. The number of imidazole rings is 1. The molecule has 1 N–H and O–H groups in total. The van der Waals surface area contributed by atoms with Crippen molar-refractivity contribution >= 4 is 11.6 Å². The molecule has 0 fully saturated rings. The Morgan fingerprint density at radius 1 is 1.03 bits per heavy atom. The van der Waals surface area contributed by atoms with E-state index in [1.54, 1.807) is 25.1 Å². The lowest BCUT2D eigenvalue weighted by Crippen LogP contribution is -2.09. The zero-order valence-electron chi connectivity index (χ0n) is 17.8. The molecule has 1 atom stereocenters. The van der Waals surface area contributed by atoms with Crippen LogP contribution in [-0.2, 0) is 6.18 Å². The SMILES string of the molecule is COc1cc(OC(C)c2ccc(C(F)(F)F)nc2)ccc1-c1nc(-c2ccc(F)nc2)[nH]c1Cl. The van der Waals surface area contributed by atoms with Gasteiger partial charge in [0.2, 0.25) is 5.95 Å². The summed E-state index contributed by atoms with van der Waals surface area (Å²) in [6.07, 6.45) is -2.61. The van der Waals surface area contributed by atoms with Gasteiger partial charge in [-0.05, 0) is 37.3 Å². The van der Waals surface area contributed by atoms with Gasteiger partial charge in [0, 0.05) is 35.2 Å². The number of rotatable bonds is 6. The summed E-state index contributed by atoms with van der Waals surface area (Å²) in [6.45, 7) is 1.69. The van der Waals surface area contributed by atoms with E-state index in [1.165, 1.54) is 31.5 Å². The van der Waals surface area contributed by atoms with Crippen LogP contribution in [0.1, 0.15) is 24.3 Å². The number of hydrogen-bond acceptors (Lipinski definition) is 5. The Balaban J connectivity index is 1.57. The molecule has 0 saturated carbocycles. The minimum absolute atomic E-state index is 0.246. The van der Waals surface area contributed by atoms with Gasteiger partial charge >= 0.3 is 6.18 Å². The molecule has 0 bridgehead atoms. The predicted octanol–water partition coefficient (Wildman–Crippen LogP) is 6.49. The van der Waals surface area contributed by atoms with Crippen LogP contribution < -0.4 is 9.47 Å². The summed E-state index contributed by atoms with van der Waals surface area (Å²) in [5.74, 6) is 0.619. The van der Waals surface area contributed by atoms with Crippen LogP contribution in [0, 0.1) is 5.95 Å². The summed E-state index contributed by atoms with van der Waals surface area (Å²) in [4.78, 5) is 14.5. The van der Waals surface area contributed by atoms with Crippen molar-refractivity contribution in [3.8, 4) is 34.1 Å². The molecule has 6 nitrogen and oxygen atoms in total. The molecule has 1 unspecified atom stereocenters. The highest BCUT2D eigenvalue weighted by atomic mass is 35.5. The molecule has 4 aromatic rings. The molecule has 0 aliphatic rings. The van der Waals surface area contributed by atoms with E-state index in [4.69, 9.17) is 21.1 Å². The van der Waals surface area contributed by atoms with E-state index in [1.807, 2.05) is 0 Å². The van der Waals surface area contributed by atoms with Crippen molar-refractivity contribution in [1.29, 1.82) is 0 Å². The van der Waals surface area contributed by atoms with Gasteiger partial charge in [-0.3, -0.25) is 4.98 Å². The van der Waals surface area contributed by atoms with Crippen LogP contribution in [0.5, 0.6) is 11.5 Å². The Kier molecular flexibility index (Phi) is 6.43. The molecule has 11 heteroatoms. The minimum atomic E-state index is -4.51. The Morgan fingerprint density at radius 2 is 1.82 bits per heavy atom. The molecule has 0 aliphatic carbocycles. The molecule has 1 aromatic carbocycles. The highest BCUT2D eigenvalue weighted by Gasteiger charge is 2.32. The molecule has 0 amide bonds. The lowest BCUT2D eigenvalue weighted by molar-refractivity contribution is -0.141. The van der Waals surface area contributed by atoms with Crippen molar-refractivity contribution in [3.05, 3.63) is 77.2 Å². The van der Waals surface area contributed by atoms with Gasteiger partial charge in [0.25, 0.3) is 0 Å². The molecule has 3 heterocycles. The van der Waals surface area contributed by atoms with Crippen LogP contribution in [0.15, 0.2) is 54.9 Å². The van der Waals surface area contributed by atoms with Crippen molar-refractivity contribution < 1.29 is 27.0 Å². The maximum Gasteiger partial charge on any atom is 0.433 e. The standard InChI is InChI=1S/C23H17ClF4N4O2/c1-12(13-3-7-18(29-10-13)23(26,27)28)34-15-5-6-16(17(9-15)33-2)20-21(24)32-22(31-20)14-4-8-19(25)30-11-14/h3-12H,1-2H3,(H,31,32). The lowest BCUT2D eigenvalue weighted by Gasteiger charge is -2.17. The van der Waals surface area contributed by atoms with Crippen LogP contribution in [0.3, 0.4) is 0 Å². The minimum Gasteiger partial charge on any atom is -0.496 e. The van der Waals surface area contributed by atoms with E-state index in [2.05, 4.69) is 19.9 Å². The molecule has 0 radical (unpaired) electrons. The highest BCUT2D eigenvalue weighted by molar-refractivity contribution is 6.32. The predicted molar refractivity (Wildman–Crippen MR) is 117 cm³/mol. The molecule has 176 valence electrons. The molecule has 0 spiro atoms. The summed E-state index contributed by atoms with van der Waals surface area (Å²) >= 11 is 6.35. The third-order valence-corrected chi connectivity index (χ3v) is 5.22.